The summed E-state index contributed by atoms with van der Waals surface area (Å²) in [5.74, 6) is -0.451. The van der Waals surface area contributed by atoms with E-state index >= 15 is 0 Å². The van der Waals surface area contributed by atoms with Gasteiger partial charge in [-0.1, -0.05) is 0 Å². The molecule has 174 valence electrons. The van der Waals surface area contributed by atoms with Gasteiger partial charge in [0.2, 0.25) is 5.91 Å². The zero-order valence-electron chi connectivity index (χ0n) is 19.3. The third-order valence-electron chi connectivity index (χ3n) is 6.05. The van der Waals surface area contributed by atoms with E-state index in [0.29, 0.717) is 31.1 Å². The maximum Gasteiger partial charge on any atom is 0.319 e. The molecule has 9 heteroatoms. The van der Waals surface area contributed by atoms with Gasteiger partial charge in [0.15, 0.2) is 5.13 Å². The standard InChI is InChI=1S/C24H28FN5O2S/c1-15-13-20(16(2)30(15)19-7-5-18(25)6-8-19)21-14-33-23(26-21)27-22(31)17-9-11-29(12-10-17)24(32)28(3)4/h5-8,13-14,17H,9-12H2,1-4H3,(H,26,27,31). The molecule has 0 radical (unpaired) electrons. The van der Waals surface area contributed by atoms with Gasteiger partial charge >= 0.3 is 6.03 Å². The fraction of sp³-hybridized carbons (Fsp3) is 0.375. The molecule has 0 bridgehead atoms. The van der Waals surface area contributed by atoms with Gasteiger partial charge in [-0.3, -0.25) is 4.79 Å². The number of carbonyl (C=O) groups excluding carboxylic acids is 2. The molecule has 0 unspecified atom stereocenters. The van der Waals surface area contributed by atoms with Crippen LogP contribution >= 0.6 is 11.3 Å². The number of carbonyl (C=O) groups is 2. The summed E-state index contributed by atoms with van der Waals surface area (Å²) in [6, 6.07) is 8.44. The second-order valence-corrected chi connectivity index (χ2v) is 9.42. The minimum absolute atomic E-state index is 0.0170. The van der Waals surface area contributed by atoms with Crippen molar-refractivity contribution >= 4 is 28.4 Å². The van der Waals surface area contributed by atoms with E-state index in [-0.39, 0.29) is 23.7 Å². The number of aryl methyl sites for hydroxylation is 1. The van der Waals surface area contributed by atoms with Crippen molar-refractivity contribution in [1.82, 2.24) is 19.4 Å². The molecule has 1 N–H and O–H groups in total. The lowest BCUT2D eigenvalue weighted by Crippen LogP contribution is -2.45. The number of aromatic nitrogens is 2. The Bertz CT molecular complexity index is 1160. The number of hydrogen-bond donors (Lipinski definition) is 1. The summed E-state index contributed by atoms with van der Waals surface area (Å²) in [5.41, 5.74) is 4.68. The van der Waals surface area contributed by atoms with Gasteiger partial charge in [0.25, 0.3) is 0 Å². The quantitative estimate of drug-likeness (QED) is 0.603. The molecule has 3 amide bonds. The first-order valence-electron chi connectivity index (χ1n) is 10.9. The number of benzene rings is 1. The van der Waals surface area contributed by atoms with Gasteiger partial charge in [0, 0.05) is 61.1 Å². The van der Waals surface area contributed by atoms with Crippen molar-refractivity contribution < 1.29 is 14.0 Å². The van der Waals surface area contributed by atoms with E-state index in [1.807, 2.05) is 19.2 Å². The van der Waals surface area contributed by atoms with Crippen molar-refractivity contribution in [1.29, 1.82) is 0 Å². The lowest BCUT2D eigenvalue weighted by Gasteiger charge is -2.32. The lowest BCUT2D eigenvalue weighted by atomic mass is 9.96. The van der Waals surface area contributed by atoms with Crippen molar-refractivity contribution in [3.63, 3.8) is 0 Å². The number of anilines is 1. The molecule has 4 rings (SSSR count). The molecule has 3 heterocycles. The Morgan fingerprint density at radius 2 is 1.82 bits per heavy atom. The molecule has 2 aromatic heterocycles. The monoisotopic (exact) mass is 469 g/mol. The number of thiazole rings is 1. The Morgan fingerprint density at radius 3 is 2.45 bits per heavy atom. The molecule has 33 heavy (non-hydrogen) atoms. The molecule has 3 aromatic rings. The summed E-state index contributed by atoms with van der Waals surface area (Å²) in [6.07, 6.45) is 1.28. The topological polar surface area (TPSA) is 70.5 Å². The van der Waals surface area contributed by atoms with E-state index in [0.717, 1.165) is 28.3 Å². The van der Waals surface area contributed by atoms with Gasteiger partial charge in [0.05, 0.1) is 5.69 Å². The first kappa shape index (κ1) is 23.0. The molecule has 1 saturated heterocycles. The van der Waals surface area contributed by atoms with Gasteiger partial charge in [0.1, 0.15) is 5.82 Å². The minimum atomic E-state index is -0.267. The van der Waals surface area contributed by atoms with Crippen molar-refractivity contribution in [3.8, 4) is 16.9 Å². The lowest BCUT2D eigenvalue weighted by molar-refractivity contribution is -0.121. The number of likely N-dealkylation sites (tertiary alicyclic amines) is 1. The Hall–Kier alpha value is -3.20. The van der Waals surface area contributed by atoms with Crippen LogP contribution in [0.4, 0.5) is 14.3 Å². The second-order valence-electron chi connectivity index (χ2n) is 8.56. The van der Waals surface area contributed by atoms with Crippen LogP contribution in [0.25, 0.3) is 16.9 Å². The molecule has 0 saturated carbocycles. The Labute approximate surface area is 196 Å². The summed E-state index contributed by atoms with van der Waals surface area (Å²) < 4.78 is 15.4. The van der Waals surface area contributed by atoms with Crippen LogP contribution in [0.3, 0.4) is 0 Å². The number of urea groups is 1. The largest absolute Gasteiger partial charge is 0.331 e. The molecule has 0 spiro atoms. The predicted octanol–water partition coefficient (Wildman–Crippen LogP) is 4.69. The van der Waals surface area contributed by atoms with E-state index in [1.165, 1.54) is 23.5 Å². The van der Waals surface area contributed by atoms with Gasteiger partial charge in [-0.05, 0) is 57.0 Å². The van der Waals surface area contributed by atoms with Crippen LogP contribution in [0, 0.1) is 25.6 Å². The van der Waals surface area contributed by atoms with Crippen LogP contribution in [0.1, 0.15) is 24.2 Å². The zero-order valence-corrected chi connectivity index (χ0v) is 20.1. The summed E-state index contributed by atoms with van der Waals surface area (Å²) in [7, 11) is 3.47. The maximum absolute atomic E-state index is 13.3. The molecule has 0 atom stereocenters. The highest BCUT2D eigenvalue weighted by Crippen LogP contribution is 2.32. The summed E-state index contributed by atoms with van der Waals surface area (Å²) >= 11 is 1.39. The molecule has 1 aliphatic heterocycles. The Kier molecular flexibility index (Phi) is 6.51. The number of amides is 3. The van der Waals surface area contributed by atoms with Crippen LogP contribution in [0.15, 0.2) is 35.7 Å². The van der Waals surface area contributed by atoms with E-state index in [2.05, 4.69) is 20.9 Å². The van der Waals surface area contributed by atoms with Crippen LogP contribution in [-0.4, -0.2) is 58.5 Å². The van der Waals surface area contributed by atoms with Crippen LogP contribution < -0.4 is 5.32 Å². The van der Waals surface area contributed by atoms with Gasteiger partial charge < -0.3 is 19.7 Å². The van der Waals surface area contributed by atoms with Crippen LogP contribution in [0.2, 0.25) is 0 Å². The fourth-order valence-corrected chi connectivity index (χ4v) is 5.00. The number of halogens is 1. The number of hydrogen-bond acceptors (Lipinski definition) is 4. The summed E-state index contributed by atoms with van der Waals surface area (Å²) in [4.78, 5) is 32.8. The Morgan fingerprint density at radius 1 is 1.15 bits per heavy atom. The normalized spacial score (nSPS) is 14.4. The third-order valence-corrected chi connectivity index (χ3v) is 6.80. The summed E-state index contributed by atoms with van der Waals surface area (Å²) in [6.45, 7) is 5.16. The Balaban J connectivity index is 1.44. The van der Waals surface area contributed by atoms with Crippen molar-refractivity contribution in [2.45, 2.75) is 26.7 Å². The average Bonchev–Trinajstić information content (AvgIpc) is 3.37. The highest BCUT2D eigenvalue weighted by Gasteiger charge is 2.28. The number of nitrogens with zero attached hydrogens (tertiary/aromatic N) is 4. The number of piperidine rings is 1. The van der Waals surface area contributed by atoms with Gasteiger partial charge in [-0.15, -0.1) is 11.3 Å². The van der Waals surface area contributed by atoms with E-state index < -0.39 is 0 Å². The van der Waals surface area contributed by atoms with Crippen molar-refractivity contribution in [2.24, 2.45) is 5.92 Å². The smallest absolute Gasteiger partial charge is 0.319 e. The fourth-order valence-electron chi connectivity index (χ4n) is 4.29. The van der Waals surface area contributed by atoms with Crippen LogP contribution in [0.5, 0.6) is 0 Å². The third kappa shape index (κ3) is 4.78. The van der Waals surface area contributed by atoms with E-state index in [1.54, 1.807) is 36.0 Å². The number of nitrogens with one attached hydrogen (secondary N) is 1. The molecule has 1 fully saturated rings. The summed E-state index contributed by atoms with van der Waals surface area (Å²) in [5, 5.41) is 5.45. The predicted molar refractivity (Wildman–Crippen MR) is 128 cm³/mol. The van der Waals surface area contributed by atoms with Gasteiger partial charge in [-0.2, -0.15) is 0 Å². The number of rotatable bonds is 4. The SMILES string of the molecule is Cc1cc(-c2csc(NC(=O)C3CCN(C(=O)N(C)C)CC3)n2)c(C)n1-c1ccc(F)cc1. The van der Waals surface area contributed by atoms with Gasteiger partial charge in [-0.25, -0.2) is 14.2 Å². The molecule has 0 aliphatic carbocycles. The minimum Gasteiger partial charge on any atom is -0.331 e. The zero-order chi connectivity index (χ0) is 23.7. The molecule has 1 aromatic carbocycles. The highest BCUT2D eigenvalue weighted by atomic mass is 32.1. The molecule has 1 aliphatic rings. The molecular weight excluding hydrogens is 441 g/mol. The van der Waals surface area contributed by atoms with Crippen molar-refractivity contribution in [3.05, 3.63) is 52.9 Å². The maximum atomic E-state index is 13.3. The highest BCUT2D eigenvalue weighted by molar-refractivity contribution is 7.14. The van der Waals surface area contributed by atoms with Crippen LogP contribution in [-0.2, 0) is 4.79 Å². The first-order chi connectivity index (χ1) is 15.7. The van der Waals surface area contributed by atoms with E-state index in [9.17, 15) is 14.0 Å². The first-order valence-corrected chi connectivity index (χ1v) is 11.8. The average molecular weight is 470 g/mol. The second kappa shape index (κ2) is 9.35. The van der Waals surface area contributed by atoms with E-state index in [4.69, 9.17) is 0 Å². The van der Waals surface area contributed by atoms with Crippen molar-refractivity contribution in [2.75, 3.05) is 32.5 Å². The molecular formula is C24H28FN5O2S. The molecule has 7 nitrogen and oxygen atoms in total.